The number of nitriles is 1. The van der Waals surface area contributed by atoms with E-state index in [4.69, 9.17) is 5.26 Å². The molecule has 1 atom stereocenters. The number of aliphatic imine (C=N–C) groups is 1. The molecule has 0 radical (unpaired) electrons. The Labute approximate surface area is 110 Å². The summed E-state index contributed by atoms with van der Waals surface area (Å²) in [6, 6.07) is 6.25. The topological polar surface area (TPSA) is 48.2 Å². The van der Waals surface area contributed by atoms with Gasteiger partial charge < -0.3 is 5.32 Å². The second-order valence-corrected chi connectivity index (χ2v) is 5.39. The lowest BCUT2D eigenvalue weighted by Gasteiger charge is -2.08. The molecule has 1 unspecified atom stereocenters. The third-order valence-electron chi connectivity index (χ3n) is 2.67. The summed E-state index contributed by atoms with van der Waals surface area (Å²) in [4.78, 5) is 4.40. The highest BCUT2D eigenvalue weighted by atomic mass is 32.2. The van der Waals surface area contributed by atoms with Gasteiger partial charge in [-0.25, -0.2) is 4.39 Å². The molecule has 0 fully saturated rings. The Morgan fingerprint density at radius 3 is 3.17 bits per heavy atom. The zero-order valence-electron chi connectivity index (χ0n) is 10.1. The van der Waals surface area contributed by atoms with E-state index in [1.54, 1.807) is 17.8 Å². The molecule has 0 spiro atoms. The molecule has 2 rings (SSSR count). The van der Waals surface area contributed by atoms with E-state index in [0.29, 0.717) is 10.9 Å². The Hall–Kier alpha value is -1.54. The lowest BCUT2D eigenvalue weighted by molar-refractivity contribution is 0.624. The molecule has 94 valence electrons. The van der Waals surface area contributed by atoms with Gasteiger partial charge in [-0.2, -0.15) is 5.26 Å². The number of rotatable bonds is 3. The average Bonchev–Trinajstić information content (AvgIpc) is 2.80. The Kier molecular flexibility index (Phi) is 4.21. The Balaban J connectivity index is 2.01. The van der Waals surface area contributed by atoms with Crippen LogP contribution >= 0.6 is 11.8 Å². The molecule has 1 aromatic rings. The molecule has 1 heterocycles. The largest absolute Gasteiger partial charge is 0.335 e. The van der Waals surface area contributed by atoms with Crippen LogP contribution in [0, 0.1) is 17.1 Å². The van der Waals surface area contributed by atoms with Gasteiger partial charge in [-0.15, -0.1) is 0 Å². The van der Waals surface area contributed by atoms with Gasteiger partial charge in [-0.3, -0.25) is 4.99 Å². The van der Waals surface area contributed by atoms with E-state index in [-0.39, 0.29) is 5.56 Å². The number of thioether (sulfide) groups is 1. The molecule has 3 nitrogen and oxygen atoms in total. The number of halogens is 1. The lowest BCUT2D eigenvalue weighted by atomic mass is 10.2. The van der Waals surface area contributed by atoms with Crippen LogP contribution in [0.3, 0.4) is 0 Å². The molecular weight excluding hydrogens is 249 g/mol. The van der Waals surface area contributed by atoms with Gasteiger partial charge in [-0.05, 0) is 24.6 Å². The summed E-state index contributed by atoms with van der Waals surface area (Å²) in [7, 11) is 0. The summed E-state index contributed by atoms with van der Waals surface area (Å²) in [5.41, 5.74) is 0.755. The number of hydrogen-bond donors (Lipinski definition) is 1. The molecule has 0 bridgehead atoms. The first kappa shape index (κ1) is 12.9. The maximum atomic E-state index is 13.2. The van der Waals surface area contributed by atoms with Crippen LogP contribution in [-0.4, -0.2) is 17.0 Å². The van der Waals surface area contributed by atoms with Crippen molar-refractivity contribution in [2.75, 3.05) is 11.9 Å². The number of amidine groups is 1. The minimum Gasteiger partial charge on any atom is -0.335 e. The molecule has 5 heteroatoms. The smallest absolute Gasteiger partial charge is 0.161 e. The van der Waals surface area contributed by atoms with Gasteiger partial charge in [0, 0.05) is 10.9 Å². The van der Waals surface area contributed by atoms with Crippen molar-refractivity contribution in [1.29, 1.82) is 5.26 Å². The summed E-state index contributed by atoms with van der Waals surface area (Å²) < 4.78 is 13.2. The third-order valence-corrected chi connectivity index (χ3v) is 3.84. The predicted molar refractivity (Wildman–Crippen MR) is 73.3 cm³/mol. The highest BCUT2D eigenvalue weighted by Crippen LogP contribution is 2.26. The highest BCUT2D eigenvalue weighted by Gasteiger charge is 2.18. The quantitative estimate of drug-likeness (QED) is 0.909. The fourth-order valence-corrected chi connectivity index (χ4v) is 2.91. The number of hydrogen-bond acceptors (Lipinski definition) is 4. The average molecular weight is 263 g/mol. The minimum absolute atomic E-state index is 0.0497. The van der Waals surface area contributed by atoms with Crippen molar-refractivity contribution in [3.8, 4) is 6.07 Å². The van der Waals surface area contributed by atoms with Crippen LogP contribution in [0.4, 0.5) is 10.1 Å². The minimum atomic E-state index is -0.493. The zero-order valence-corrected chi connectivity index (χ0v) is 10.9. The molecule has 0 amide bonds. The summed E-state index contributed by atoms with van der Waals surface area (Å²) in [6.45, 7) is 2.98. The van der Waals surface area contributed by atoms with Gasteiger partial charge >= 0.3 is 0 Å². The summed E-state index contributed by atoms with van der Waals surface area (Å²) in [5, 5.41) is 13.3. The van der Waals surface area contributed by atoms with E-state index in [9.17, 15) is 4.39 Å². The van der Waals surface area contributed by atoms with Crippen LogP contribution in [0.15, 0.2) is 23.2 Å². The van der Waals surface area contributed by atoms with Crippen molar-refractivity contribution in [3.63, 3.8) is 0 Å². The maximum Gasteiger partial charge on any atom is 0.161 e. The maximum absolute atomic E-state index is 13.2. The van der Waals surface area contributed by atoms with E-state index in [2.05, 4.69) is 17.2 Å². The molecule has 0 saturated carbocycles. The van der Waals surface area contributed by atoms with Crippen LogP contribution < -0.4 is 5.32 Å². The molecule has 18 heavy (non-hydrogen) atoms. The van der Waals surface area contributed by atoms with E-state index in [1.165, 1.54) is 12.1 Å². The first-order valence-electron chi connectivity index (χ1n) is 5.90. The van der Waals surface area contributed by atoms with E-state index >= 15 is 0 Å². The first-order chi connectivity index (χ1) is 8.72. The van der Waals surface area contributed by atoms with E-state index in [0.717, 1.165) is 24.6 Å². The van der Waals surface area contributed by atoms with Gasteiger partial charge in [0.1, 0.15) is 11.9 Å². The normalized spacial score (nSPS) is 18.3. The Morgan fingerprint density at radius 2 is 2.44 bits per heavy atom. The van der Waals surface area contributed by atoms with Crippen LogP contribution in [0.2, 0.25) is 0 Å². The van der Waals surface area contributed by atoms with Crippen molar-refractivity contribution < 1.29 is 4.39 Å². The number of anilines is 1. The van der Waals surface area contributed by atoms with Crippen LogP contribution in [0.25, 0.3) is 0 Å². The van der Waals surface area contributed by atoms with Crippen molar-refractivity contribution in [2.45, 2.75) is 25.0 Å². The first-order valence-corrected chi connectivity index (χ1v) is 6.78. The monoisotopic (exact) mass is 263 g/mol. The Bertz CT molecular complexity index is 507. The number of benzene rings is 1. The molecule has 1 aliphatic heterocycles. The summed E-state index contributed by atoms with van der Waals surface area (Å²) >= 11 is 1.71. The molecule has 0 aromatic heterocycles. The SMILES string of the molecule is CCCC1CN=C(Nc2ccc(F)c(C#N)c2)S1. The predicted octanol–water partition coefficient (Wildman–Crippen LogP) is 3.38. The van der Waals surface area contributed by atoms with E-state index in [1.807, 2.05) is 6.07 Å². The van der Waals surface area contributed by atoms with Crippen molar-refractivity contribution in [3.05, 3.63) is 29.6 Å². The van der Waals surface area contributed by atoms with Gasteiger partial charge in [0.15, 0.2) is 5.17 Å². The van der Waals surface area contributed by atoms with Gasteiger partial charge in [0.05, 0.1) is 12.1 Å². The second-order valence-electron chi connectivity index (χ2n) is 4.11. The van der Waals surface area contributed by atoms with Gasteiger partial charge in [0.25, 0.3) is 0 Å². The molecule has 1 aromatic carbocycles. The lowest BCUT2D eigenvalue weighted by Crippen LogP contribution is -2.07. The Morgan fingerprint density at radius 1 is 1.61 bits per heavy atom. The second kappa shape index (κ2) is 5.87. The highest BCUT2D eigenvalue weighted by molar-refractivity contribution is 8.15. The summed E-state index contributed by atoms with van der Waals surface area (Å²) in [5.74, 6) is -0.493. The summed E-state index contributed by atoms with van der Waals surface area (Å²) in [6.07, 6.45) is 2.29. The standard InChI is InChI=1S/C13H14FN3S/c1-2-3-11-8-16-13(18-11)17-10-4-5-12(14)9(6-10)7-15/h4-6,11H,2-3,8H2,1H3,(H,16,17). The molecule has 1 N–H and O–H groups in total. The van der Waals surface area contributed by atoms with Crippen LogP contribution in [-0.2, 0) is 0 Å². The van der Waals surface area contributed by atoms with Crippen molar-refractivity contribution in [2.24, 2.45) is 4.99 Å². The zero-order chi connectivity index (χ0) is 13.0. The number of nitrogens with one attached hydrogen (secondary N) is 1. The molecule has 0 saturated heterocycles. The third kappa shape index (κ3) is 3.02. The van der Waals surface area contributed by atoms with Crippen LogP contribution in [0.1, 0.15) is 25.3 Å². The number of nitrogens with zero attached hydrogens (tertiary/aromatic N) is 2. The van der Waals surface area contributed by atoms with Gasteiger partial charge in [0.2, 0.25) is 0 Å². The van der Waals surface area contributed by atoms with Gasteiger partial charge in [-0.1, -0.05) is 25.1 Å². The molecular formula is C13H14FN3S. The van der Waals surface area contributed by atoms with Crippen molar-refractivity contribution in [1.82, 2.24) is 0 Å². The molecule has 1 aliphatic rings. The van der Waals surface area contributed by atoms with E-state index < -0.39 is 5.82 Å². The fraction of sp³-hybridized carbons (Fsp3) is 0.385. The van der Waals surface area contributed by atoms with Crippen molar-refractivity contribution >= 4 is 22.6 Å². The van der Waals surface area contributed by atoms with Crippen LogP contribution in [0.5, 0.6) is 0 Å². The molecule has 0 aliphatic carbocycles. The fourth-order valence-electron chi connectivity index (χ4n) is 1.77.